The van der Waals surface area contributed by atoms with E-state index in [-0.39, 0.29) is 30.2 Å². The maximum absolute atomic E-state index is 12.6. The Balaban J connectivity index is 1.39. The predicted molar refractivity (Wildman–Crippen MR) is 125 cm³/mol. The van der Waals surface area contributed by atoms with E-state index in [9.17, 15) is 18.0 Å². The van der Waals surface area contributed by atoms with Crippen LogP contribution >= 0.6 is 11.3 Å². The summed E-state index contributed by atoms with van der Waals surface area (Å²) in [6, 6.07) is 7.11. The molecule has 1 aliphatic rings. The first kappa shape index (κ1) is 22.6. The number of hydrogen-bond donors (Lipinski definition) is 3. The number of carbonyl (C=O) groups is 1. The molecule has 1 amide bonds. The molecule has 3 N–H and O–H groups in total. The van der Waals surface area contributed by atoms with E-state index >= 15 is 0 Å². The summed E-state index contributed by atoms with van der Waals surface area (Å²) >= 11 is 1.59. The van der Waals surface area contributed by atoms with E-state index in [1.807, 2.05) is 6.07 Å². The van der Waals surface area contributed by atoms with Crippen LogP contribution < -0.4 is 15.6 Å². The molecule has 0 bridgehead atoms. The summed E-state index contributed by atoms with van der Waals surface area (Å²) in [6.07, 6.45) is 4.69. The highest BCUT2D eigenvalue weighted by molar-refractivity contribution is 7.88. The molecule has 170 valence electrons. The maximum Gasteiger partial charge on any atom is 0.259 e. The molecule has 0 saturated heterocycles. The lowest BCUT2D eigenvalue weighted by molar-refractivity contribution is -0.121. The highest BCUT2D eigenvalue weighted by Crippen LogP contribution is 2.33. The van der Waals surface area contributed by atoms with Crippen molar-refractivity contribution in [3.63, 3.8) is 0 Å². The number of sulfonamides is 1. The average Bonchev–Trinajstić information content (AvgIpc) is 3.16. The Morgan fingerprint density at radius 2 is 1.94 bits per heavy atom. The van der Waals surface area contributed by atoms with Crippen molar-refractivity contribution in [2.45, 2.75) is 50.8 Å². The number of hydrogen-bond acceptors (Lipinski definition) is 6. The second-order valence-electron chi connectivity index (χ2n) is 7.91. The first-order valence-corrected chi connectivity index (χ1v) is 13.1. The first-order valence-electron chi connectivity index (χ1n) is 10.6. The van der Waals surface area contributed by atoms with Gasteiger partial charge in [0.1, 0.15) is 10.7 Å². The summed E-state index contributed by atoms with van der Waals surface area (Å²) in [4.78, 5) is 34.5. The zero-order valence-electron chi connectivity index (χ0n) is 17.9. The third-order valence-electron chi connectivity index (χ3n) is 5.71. The van der Waals surface area contributed by atoms with Gasteiger partial charge in [0.25, 0.3) is 5.56 Å². The van der Waals surface area contributed by atoms with Crippen LogP contribution in [0.2, 0.25) is 0 Å². The summed E-state index contributed by atoms with van der Waals surface area (Å²) in [7, 11) is -2.03. The van der Waals surface area contributed by atoms with Gasteiger partial charge in [0.15, 0.2) is 0 Å². The molecule has 8 nitrogen and oxygen atoms in total. The van der Waals surface area contributed by atoms with E-state index < -0.39 is 10.0 Å². The van der Waals surface area contributed by atoms with Gasteiger partial charge in [-0.25, -0.2) is 18.1 Å². The Morgan fingerprint density at radius 1 is 1.19 bits per heavy atom. The number of fused-ring (bicyclic) bond motifs is 3. The predicted octanol–water partition coefficient (Wildman–Crippen LogP) is 2.16. The van der Waals surface area contributed by atoms with E-state index in [1.54, 1.807) is 29.5 Å². The SMILES string of the molecule is CNS(=O)(=O)Cc1ccccc1CNC(=O)CCc1nc2sc3c(c2c(=O)[nH]1)CCCC3. The van der Waals surface area contributed by atoms with E-state index in [2.05, 4.69) is 20.0 Å². The fraction of sp³-hybridized carbons (Fsp3) is 0.409. The van der Waals surface area contributed by atoms with E-state index in [4.69, 9.17) is 0 Å². The standard InChI is InChI=1S/C22H26N4O4S2/c1-23-32(29,30)13-15-7-3-2-6-14(15)12-24-19(27)11-10-18-25-21(28)20-16-8-4-5-9-17(16)31-22(20)26-18/h2-3,6-7,23H,4-5,8-13H2,1H3,(H,24,27)(H,25,26,28). The molecule has 0 fully saturated rings. The summed E-state index contributed by atoms with van der Waals surface area (Å²) in [6.45, 7) is 0.231. The molecule has 10 heteroatoms. The number of benzene rings is 1. The van der Waals surface area contributed by atoms with Gasteiger partial charge in [0, 0.05) is 24.3 Å². The fourth-order valence-electron chi connectivity index (χ4n) is 3.99. The molecular weight excluding hydrogens is 448 g/mol. The number of amides is 1. The molecule has 0 unspecified atom stereocenters. The zero-order valence-corrected chi connectivity index (χ0v) is 19.5. The van der Waals surface area contributed by atoms with E-state index in [0.29, 0.717) is 23.2 Å². The van der Waals surface area contributed by atoms with Gasteiger partial charge >= 0.3 is 0 Å². The van der Waals surface area contributed by atoms with Crippen LogP contribution in [0.25, 0.3) is 10.2 Å². The lowest BCUT2D eigenvalue weighted by Crippen LogP contribution is -2.25. The van der Waals surface area contributed by atoms with Gasteiger partial charge in [0.05, 0.1) is 11.1 Å². The molecule has 0 saturated carbocycles. The Kier molecular flexibility index (Phi) is 6.73. The first-order chi connectivity index (χ1) is 15.4. The van der Waals surface area contributed by atoms with Gasteiger partial charge in [-0.1, -0.05) is 24.3 Å². The fourth-order valence-corrected chi connectivity index (χ4v) is 6.10. The van der Waals surface area contributed by atoms with Crippen LogP contribution in [0.3, 0.4) is 0 Å². The van der Waals surface area contributed by atoms with Crippen molar-refractivity contribution in [1.82, 2.24) is 20.0 Å². The van der Waals surface area contributed by atoms with Crippen molar-refractivity contribution < 1.29 is 13.2 Å². The normalized spacial score (nSPS) is 13.8. The lowest BCUT2D eigenvalue weighted by Gasteiger charge is -2.11. The van der Waals surface area contributed by atoms with E-state index in [0.717, 1.165) is 41.6 Å². The molecule has 4 rings (SSSR count). The third kappa shape index (κ3) is 5.08. The molecule has 0 atom stereocenters. The maximum atomic E-state index is 12.6. The number of thiophene rings is 1. The molecule has 0 spiro atoms. The van der Waals surface area contributed by atoms with Gasteiger partial charge in [-0.2, -0.15) is 0 Å². The Bertz CT molecular complexity index is 1310. The second kappa shape index (κ2) is 9.51. The van der Waals surface area contributed by atoms with Crippen LogP contribution in [0.15, 0.2) is 29.1 Å². The molecule has 0 aliphatic heterocycles. The number of carbonyl (C=O) groups excluding carboxylic acids is 1. The molecule has 1 aliphatic carbocycles. The van der Waals surface area contributed by atoms with Crippen molar-refractivity contribution in [3.05, 3.63) is 62.0 Å². The zero-order chi connectivity index (χ0) is 22.7. The number of aromatic amines is 1. The second-order valence-corrected chi connectivity index (χ2v) is 10.9. The lowest BCUT2D eigenvalue weighted by atomic mass is 9.97. The summed E-state index contributed by atoms with van der Waals surface area (Å²) in [5.41, 5.74) is 2.41. The molecule has 3 aromatic rings. The average molecular weight is 475 g/mol. The minimum absolute atomic E-state index is 0.121. The molecule has 0 radical (unpaired) electrons. The molecule has 32 heavy (non-hydrogen) atoms. The van der Waals surface area contributed by atoms with Crippen molar-refractivity contribution in [2.75, 3.05) is 7.05 Å². The quantitative estimate of drug-likeness (QED) is 0.462. The minimum Gasteiger partial charge on any atom is -0.352 e. The van der Waals surface area contributed by atoms with Crippen molar-refractivity contribution in [1.29, 1.82) is 0 Å². The molecule has 2 heterocycles. The minimum atomic E-state index is -3.41. The molecule has 1 aromatic carbocycles. The topological polar surface area (TPSA) is 121 Å². The van der Waals surface area contributed by atoms with E-state index in [1.165, 1.54) is 11.9 Å². The smallest absolute Gasteiger partial charge is 0.259 e. The Labute approximate surface area is 190 Å². The highest BCUT2D eigenvalue weighted by Gasteiger charge is 2.20. The number of rotatable bonds is 8. The van der Waals surface area contributed by atoms with Crippen LogP contribution in [0.1, 0.15) is 46.7 Å². The highest BCUT2D eigenvalue weighted by atomic mass is 32.2. The largest absolute Gasteiger partial charge is 0.352 e. The number of aryl methyl sites for hydroxylation is 3. The monoisotopic (exact) mass is 474 g/mol. The van der Waals surface area contributed by atoms with Gasteiger partial charge in [-0.05, 0) is 49.4 Å². The van der Waals surface area contributed by atoms with Crippen LogP contribution in [0.4, 0.5) is 0 Å². The van der Waals surface area contributed by atoms with Crippen LogP contribution in [0, 0.1) is 0 Å². The van der Waals surface area contributed by atoms with Gasteiger partial charge in [-0.3, -0.25) is 9.59 Å². The van der Waals surface area contributed by atoms with Crippen molar-refractivity contribution in [3.8, 4) is 0 Å². The summed E-state index contributed by atoms with van der Waals surface area (Å²) < 4.78 is 26.0. The van der Waals surface area contributed by atoms with Crippen LogP contribution in [0.5, 0.6) is 0 Å². The Hall–Kier alpha value is -2.56. The van der Waals surface area contributed by atoms with Crippen LogP contribution in [-0.2, 0) is 46.4 Å². The molecular formula is C22H26N4O4S2. The summed E-state index contributed by atoms with van der Waals surface area (Å²) in [5, 5.41) is 3.55. The number of aromatic nitrogens is 2. The van der Waals surface area contributed by atoms with Crippen molar-refractivity contribution in [2.24, 2.45) is 0 Å². The third-order valence-corrected chi connectivity index (χ3v) is 8.21. The summed E-state index contributed by atoms with van der Waals surface area (Å²) in [5.74, 6) is 0.173. The van der Waals surface area contributed by atoms with Crippen LogP contribution in [-0.4, -0.2) is 31.3 Å². The van der Waals surface area contributed by atoms with Gasteiger partial charge in [-0.15, -0.1) is 11.3 Å². The van der Waals surface area contributed by atoms with Gasteiger partial charge < -0.3 is 10.3 Å². The van der Waals surface area contributed by atoms with Crippen molar-refractivity contribution >= 4 is 37.5 Å². The Morgan fingerprint density at radius 3 is 2.72 bits per heavy atom. The molecule has 2 aromatic heterocycles. The number of H-pyrrole nitrogens is 1. The van der Waals surface area contributed by atoms with Gasteiger partial charge in [0.2, 0.25) is 15.9 Å². The number of nitrogens with zero attached hydrogens (tertiary/aromatic N) is 1. The number of nitrogens with one attached hydrogen (secondary N) is 3.